The lowest BCUT2D eigenvalue weighted by Crippen LogP contribution is -2.28. The lowest BCUT2D eigenvalue weighted by atomic mass is 10.2. The van der Waals surface area contributed by atoms with Crippen LogP contribution in [0, 0.1) is 0 Å². The summed E-state index contributed by atoms with van der Waals surface area (Å²) in [7, 11) is 0. The Bertz CT molecular complexity index is 834. The van der Waals surface area contributed by atoms with Crippen LogP contribution < -0.4 is 10.5 Å². The zero-order chi connectivity index (χ0) is 17.8. The molecule has 128 valence electrons. The van der Waals surface area contributed by atoms with Crippen LogP contribution in [0.4, 0.5) is 10.6 Å². The summed E-state index contributed by atoms with van der Waals surface area (Å²) in [5.41, 5.74) is 7.04. The van der Waals surface area contributed by atoms with Crippen molar-refractivity contribution in [2.45, 2.75) is 13.5 Å². The van der Waals surface area contributed by atoms with Crippen molar-refractivity contribution in [1.29, 1.82) is 0 Å². The van der Waals surface area contributed by atoms with Crippen LogP contribution in [0.5, 0.6) is 5.75 Å². The Kier molecular flexibility index (Phi) is 5.04. The first-order valence-electron chi connectivity index (χ1n) is 7.76. The molecule has 25 heavy (non-hydrogen) atoms. The van der Waals surface area contributed by atoms with Crippen LogP contribution in [0.25, 0.3) is 6.08 Å². The minimum Gasteiger partial charge on any atom is -0.494 e. The van der Waals surface area contributed by atoms with Gasteiger partial charge in [-0.05, 0) is 54.6 Å². The first-order valence-corrected chi connectivity index (χ1v) is 8.58. The number of imide groups is 1. The van der Waals surface area contributed by atoms with E-state index in [0.29, 0.717) is 23.0 Å². The number of amides is 2. The van der Waals surface area contributed by atoms with E-state index in [2.05, 4.69) is 4.98 Å². The molecule has 1 aliphatic rings. The van der Waals surface area contributed by atoms with Gasteiger partial charge in [0.2, 0.25) is 0 Å². The highest BCUT2D eigenvalue weighted by Gasteiger charge is 2.35. The van der Waals surface area contributed by atoms with Crippen LogP contribution in [-0.2, 0) is 11.3 Å². The number of nitrogens with zero attached hydrogens (tertiary/aromatic N) is 2. The van der Waals surface area contributed by atoms with Gasteiger partial charge in [-0.1, -0.05) is 18.2 Å². The SMILES string of the molecule is CCOc1ccc(C=C2SC(=O)N(Cc3cccc(N)n3)C2=O)cc1. The van der Waals surface area contributed by atoms with Crippen molar-refractivity contribution in [3.8, 4) is 5.75 Å². The zero-order valence-corrected chi connectivity index (χ0v) is 14.5. The zero-order valence-electron chi connectivity index (χ0n) is 13.6. The molecular formula is C18H17N3O3S. The second-order valence-electron chi connectivity index (χ2n) is 5.32. The number of hydrogen-bond donors (Lipinski definition) is 1. The number of ether oxygens (including phenoxy) is 1. The number of pyridine rings is 1. The van der Waals surface area contributed by atoms with Gasteiger partial charge < -0.3 is 10.5 Å². The molecule has 3 rings (SSSR count). The highest BCUT2D eigenvalue weighted by atomic mass is 32.2. The molecule has 1 aliphatic heterocycles. The molecule has 1 aromatic heterocycles. The number of thioether (sulfide) groups is 1. The summed E-state index contributed by atoms with van der Waals surface area (Å²) in [4.78, 5) is 30.4. The van der Waals surface area contributed by atoms with Crippen LogP contribution in [0.2, 0.25) is 0 Å². The van der Waals surface area contributed by atoms with E-state index in [-0.39, 0.29) is 17.7 Å². The molecule has 2 N–H and O–H groups in total. The Morgan fingerprint density at radius 1 is 1.20 bits per heavy atom. The summed E-state index contributed by atoms with van der Waals surface area (Å²) < 4.78 is 5.39. The van der Waals surface area contributed by atoms with Crippen LogP contribution in [0.1, 0.15) is 18.2 Å². The third-order valence-electron chi connectivity index (χ3n) is 3.51. The van der Waals surface area contributed by atoms with Crippen molar-refractivity contribution < 1.29 is 14.3 Å². The maximum absolute atomic E-state index is 12.5. The van der Waals surface area contributed by atoms with Gasteiger partial charge in [-0.25, -0.2) is 4.98 Å². The quantitative estimate of drug-likeness (QED) is 0.828. The Hall–Kier alpha value is -2.80. The molecule has 0 aliphatic carbocycles. The molecule has 1 saturated heterocycles. The first-order chi connectivity index (χ1) is 12.1. The predicted molar refractivity (Wildman–Crippen MR) is 97.8 cm³/mol. The fourth-order valence-corrected chi connectivity index (χ4v) is 3.20. The summed E-state index contributed by atoms with van der Waals surface area (Å²) in [6, 6.07) is 12.5. The summed E-state index contributed by atoms with van der Waals surface area (Å²) in [6.07, 6.45) is 1.70. The van der Waals surface area contributed by atoms with Crippen LogP contribution in [0.15, 0.2) is 47.4 Å². The van der Waals surface area contributed by atoms with Gasteiger partial charge in [-0.15, -0.1) is 0 Å². The van der Waals surface area contributed by atoms with Gasteiger partial charge in [0.05, 0.1) is 23.8 Å². The molecule has 0 atom stereocenters. The lowest BCUT2D eigenvalue weighted by molar-refractivity contribution is -0.123. The molecule has 0 bridgehead atoms. The maximum Gasteiger partial charge on any atom is 0.293 e. The topological polar surface area (TPSA) is 85.5 Å². The maximum atomic E-state index is 12.5. The second kappa shape index (κ2) is 7.40. The van der Waals surface area contributed by atoms with E-state index in [9.17, 15) is 9.59 Å². The Morgan fingerprint density at radius 3 is 2.64 bits per heavy atom. The van der Waals surface area contributed by atoms with E-state index in [1.165, 1.54) is 4.90 Å². The smallest absolute Gasteiger partial charge is 0.293 e. The van der Waals surface area contributed by atoms with Crippen molar-refractivity contribution in [2.24, 2.45) is 0 Å². The van der Waals surface area contributed by atoms with E-state index in [4.69, 9.17) is 10.5 Å². The molecule has 1 aromatic carbocycles. The van der Waals surface area contributed by atoms with Gasteiger partial charge in [0.15, 0.2) is 0 Å². The largest absolute Gasteiger partial charge is 0.494 e. The van der Waals surface area contributed by atoms with Crippen molar-refractivity contribution in [3.05, 3.63) is 58.6 Å². The number of rotatable bonds is 5. The molecule has 1 fully saturated rings. The van der Waals surface area contributed by atoms with Gasteiger partial charge >= 0.3 is 0 Å². The number of nitrogens with two attached hydrogens (primary N) is 1. The summed E-state index contributed by atoms with van der Waals surface area (Å²) in [6.45, 7) is 2.62. The van der Waals surface area contributed by atoms with E-state index < -0.39 is 0 Å². The van der Waals surface area contributed by atoms with Crippen LogP contribution in [-0.4, -0.2) is 27.6 Å². The average molecular weight is 355 g/mol. The number of anilines is 1. The van der Waals surface area contributed by atoms with Crippen molar-refractivity contribution in [2.75, 3.05) is 12.3 Å². The van der Waals surface area contributed by atoms with Crippen molar-refractivity contribution in [3.63, 3.8) is 0 Å². The average Bonchev–Trinajstić information content (AvgIpc) is 2.84. The van der Waals surface area contributed by atoms with Gasteiger partial charge in [0.1, 0.15) is 11.6 Å². The standard InChI is InChI=1S/C18H17N3O3S/c1-2-24-14-8-6-12(7-9-14)10-15-17(22)21(18(23)25-15)11-13-4-3-5-16(19)20-13/h3-10H,2,11H2,1H3,(H2,19,20). The van der Waals surface area contributed by atoms with Gasteiger partial charge in [0.25, 0.3) is 11.1 Å². The van der Waals surface area contributed by atoms with Crippen LogP contribution in [0.3, 0.4) is 0 Å². The van der Waals surface area contributed by atoms with Gasteiger partial charge in [0, 0.05) is 0 Å². The molecule has 0 unspecified atom stereocenters. The minimum atomic E-state index is -0.326. The monoisotopic (exact) mass is 355 g/mol. The number of aromatic nitrogens is 1. The van der Waals surface area contributed by atoms with Crippen molar-refractivity contribution >= 4 is 34.8 Å². The minimum absolute atomic E-state index is 0.107. The van der Waals surface area contributed by atoms with E-state index in [1.807, 2.05) is 31.2 Å². The molecule has 0 saturated carbocycles. The fraction of sp³-hybridized carbons (Fsp3) is 0.167. The highest BCUT2D eigenvalue weighted by molar-refractivity contribution is 8.18. The number of carbonyl (C=O) groups excluding carboxylic acids is 2. The normalized spacial score (nSPS) is 15.9. The van der Waals surface area contributed by atoms with Crippen molar-refractivity contribution in [1.82, 2.24) is 9.88 Å². The number of nitrogen functional groups attached to an aromatic ring is 1. The number of carbonyl (C=O) groups is 2. The molecule has 0 radical (unpaired) electrons. The molecule has 0 spiro atoms. The third kappa shape index (κ3) is 4.00. The Labute approximate surface area is 149 Å². The Balaban J connectivity index is 1.76. The molecular weight excluding hydrogens is 338 g/mol. The molecule has 7 heteroatoms. The Morgan fingerprint density at radius 2 is 1.96 bits per heavy atom. The first kappa shape index (κ1) is 17.0. The van der Waals surface area contributed by atoms with E-state index >= 15 is 0 Å². The summed E-state index contributed by atoms with van der Waals surface area (Å²) in [5, 5.41) is -0.314. The summed E-state index contributed by atoms with van der Waals surface area (Å²) in [5.74, 6) is 0.794. The van der Waals surface area contributed by atoms with Gasteiger partial charge in [-0.2, -0.15) is 0 Å². The summed E-state index contributed by atoms with van der Waals surface area (Å²) >= 11 is 0.923. The lowest BCUT2D eigenvalue weighted by Gasteiger charge is -2.11. The molecule has 2 aromatic rings. The van der Waals surface area contributed by atoms with E-state index in [0.717, 1.165) is 23.1 Å². The van der Waals surface area contributed by atoms with Crippen LogP contribution >= 0.6 is 11.8 Å². The molecule has 2 amide bonds. The second-order valence-corrected chi connectivity index (χ2v) is 6.32. The number of hydrogen-bond acceptors (Lipinski definition) is 6. The predicted octanol–water partition coefficient (Wildman–Crippen LogP) is 3.30. The van der Waals surface area contributed by atoms with E-state index in [1.54, 1.807) is 24.3 Å². The molecule has 6 nitrogen and oxygen atoms in total. The third-order valence-corrected chi connectivity index (χ3v) is 4.42. The molecule has 2 heterocycles. The fourth-order valence-electron chi connectivity index (χ4n) is 2.36. The highest BCUT2D eigenvalue weighted by Crippen LogP contribution is 2.33. The number of benzene rings is 1. The van der Waals surface area contributed by atoms with Gasteiger partial charge in [-0.3, -0.25) is 14.5 Å².